The lowest BCUT2D eigenvalue weighted by Crippen LogP contribution is -2.08. The van der Waals surface area contributed by atoms with Gasteiger partial charge in [-0.2, -0.15) is 0 Å². The number of esters is 2. The van der Waals surface area contributed by atoms with Crippen LogP contribution in [-0.2, 0) is 40.3 Å². The fourth-order valence-electron chi connectivity index (χ4n) is 3.49. The van der Waals surface area contributed by atoms with Crippen molar-refractivity contribution in [1.29, 1.82) is 0 Å². The lowest BCUT2D eigenvalue weighted by Gasteiger charge is -2.12. The van der Waals surface area contributed by atoms with Crippen LogP contribution in [0.1, 0.15) is 52.8 Å². The van der Waals surface area contributed by atoms with E-state index in [0.29, 0.717) is 36.6 Å². The molecule has 0 unspecified atom stereocenters. The Morgan fingerprint density at radius 1 is 0.857 bits per heavy atom. The van der Waals surface area contributed by atoms with E-state index in [-0.39, 0.29) is 6.61 Å². The van der Waals surface area contributed by atoms with E-state index >= 15 is 0 Å². The number of carbonyl (C=O) groups excluding carboxylic acids is 2. The van der Waals surface area contributed by atoms with Gasteiger partial charge in [-0.05, 0) is 49.4 Å². The third-order valence-corrected chi connectivity index (χ3v) is 5.23. The predicted octanol–water partition coefficient (Wildman–Crippen LogP) is 4.48. The molecule has 0 amide bonds. The molecule has 0 aliphatic rings. The maximum atomic E-state index is 12.0. The molecule has 0 saturated carbocycles. The summed E-state index contributed by atoms with van der Waals surface area (Å²) >= 11 is 0. The SMILES string of the molecule is COC(=O)c1cc(CCCCc2nc(OC)ccc2OCc2ccccc2)nc(COC(C)=O)c1. The van der Waals surface area contributed by atoms with Crippen molar-refractivity contribution in [2.24, 2.45) is 0 Å². The van der Waals surface area contributed by atoms with Gasteiger partial charge in [0.15, 0.2) is 0 Å². The standard InChI is InChI=1S/C27H30N2O6/c1-19(30)34-18-23-16-21(27(31)33-3)15-22(28-23)11-7-8-12-24-25(13-14-26(29-24)32-2)35-17-20-9-5-4-6-10-20/h4-6,9-10,13-16H,7-8,11-12,17-18H2,1-3H3. The van der Waals surface area contributed by atoms with Crippen molar-refractivity contribution in [2.45, 2.75) is 45.8 Å². The minimum Gasteiger partial charge on any atom is -0.487 e. The van der Waals surface area contributed by atoms with Crippen LogP contribution < -0.4 is 9.47 Å². The van der Waals surface area contributed by atoms with Crippen LogP contribution >= 0.6 is 0 Å². The van der Waals surface area contributed by atoms with Gasteiger partial charge in [-0.25, -0.2) is 9.78 Å². The number of ether oxygens (including phenoxy) is 4. The van der Waals surface area contributed by atoms with Gasteiger partial charge >= 0.3 is 11.9 Å². The van der Waals surface area contributed by atoms with Crippen molar-refractivity contribution in [2.75, 3.05) is 14.2 Å². The van der Waals surface area contributed by atoms with Crippen LogP contribution in [-0.4, -0.2) is 36.1 Å². The van der Waals surface area contributed by atoms with Crippen LogP contribution in [0, 0.1) is 0 Å². The van der Waals surface area contributed by atoms with Gasteiger partial charge in [-0.1, -0.05) is 30.3 Å². The molecule has 0 fully saturated rings. The molecule has 8 heteroatoms. The molecule has 0 bridgehead atoms. The van der Waals surface area contributed by atoms with E-state index in [1.807, 2.05) is 36.4 Å². The highest BCUT2D eigenvalue weighted by molar-refractivity contribution is 5.89. The van der Waals surface area contributed by atoms with Gasteiger partial charge in [0.2, 0.25) is 5.88 Å². The summed E-state index contributed by atoms with van der Waals surface area (Å²) in [5.74, 6) is 0.394. The summed E-state index contributed by atoms with van der Waals surface area (Å²) < 4.78 is 21.2. The van der Waals surface area contributed by atoms with Crippen molar-refractivity contribution in [3.63, 3.8) is 0 Å². The number of aryl methyl sites for hydroxylation is 2. The van der Waals surface area contributed by atoms with Crippen molar-refractivity contribution < 1.29 is 28.5 Å². The quantitative estimate of drug-likeness (QED) is 0.278. The zero-order valence-electron chi connectivity index (χ0n) is 20.3. The molecule has 0 aliphatic carbocycles. The number of unbranched alkanes of at least 4 members (excludes halogenated alkanes) is 1. The second kappa shape index (κ2) is 13.1. The maximum absolute atomic E-state index is 12.0. The lowest BCUT2D eigenvalue weighted by molar-refractivity contribution is -0.142. The minimum absolute atomic E-state index is 0.00299. The summed E-state index contributed by atoms with van der Waals surface area (Å²) in [5.41, 5.74) is 3.52. The molecule has 3 rings (SSSR count). The van der Waals surface area contributed by atoms with Gasteiger partial charge in [0.1, 0.15) is 19.0 Å². The van der Waals surface area contributed by atoms with E-state index in [4.69, 9.17) is 18.9 Å². The Morgan fingerprint density at radius 2 is 1.60 bits per heavy atom. The van der Waals surface area contributed by atoms with E-state index in [1.54, 1.807) is 25.3 Å². The molecule has 2 aromatic heterocycles. The van der Waals surface area contributed by atoms with Crippen LogP contribution in [0.4, 0.5) is 0 Å². The molecule has 184 valence electrons. The van der Waals surface area contributed by atoms with Crippen molar-refractivity contribution in [3.8, 4) is 11.6 Å². The summed E-state index contributed by atoms with van der Waals surface area (Å²) in [5, 5.41) is 0. The summed E-state index contributed by atoms with van der Waals surface area (Å²) in [6.07, 6.45) is 2.97. The number of hydrogen-bond acceptors (Lipinski definition) is 8. The Bertz CT molecular complexity index is 1130. The molecule has 0 radical (unpaired) electrons. The van der Waals surface area contributed by atoms with Crippen molar-refractivity contribution in [3.05, 3.63) is 82.8 Å². The summed E-state index contributed by atoms with van der Waals surface area (Å²) in [7, 11) is 2.91. The molecular weight excluding hydrogens is 448 g/mol. The van der Waals surface area contributed by atoms with E-state index in [1.165, 1.54) is 14.0 Å². The first-order valence-corrected chi connectivity index (χ1v) is 11.4. The van der Waals surface area contributed by atoms with Crippen LogP contribution in [0.5, 0.6) is 11.6 Å². The first-order valence-electron chi connectivity index (χ1n) is 11.4. The third kappa shape index (κ3) is 8.10. The molecule has 35 heavy (non-hydrogen) atoms. The molecule has 3 aromatic rings. The average Bonchev–Trinajstić information content (AvgIpc) is 2.89. The fraction of sp³-hybridized carbons (Fsp3) is 0.333. The number of benzene rings is 1. The molecule has 0 aliphatic heterocycles. The highest BCUT2D eigenvalue weighted by Gasteiger charge is 2.12. The maximum Gasteiger partial charge on any atom is 0.337 e. The van der Waals surface area contributed by atoms with E-state index < -0.39 is 11.9 Å². The normalized spacial score (nSPS) is 10.5. The van der Waals surface area contributed by atoms with Gasteiger partial charge in [0.05, 0.1) is 31.2 Å². The minimum atomic E-state index is -0.460. The fourth-order valence-corrected chi connectivity index (χ4v) is 3.49. The first-order chi connectivity index (χ1) is 17.0. The number of pyridine rings is 2. The average molecular weight is 479 g/mol. The second-order valence-corrected chi connectivity index (χ2v) is 7.89. The zero-order valence-corrected chi connectivity index (χ0v) is 20.3. The highest BCUT2D eigenvalue weighted by atomic mass is 16.5. The van der Waals surface area contributed by atoms with Crippen LogP contribution in [0.3, 0.4) is 0 Å². The lowest BCUT2D eigenvalue weighted by atomic mass is 10.1. The van der Waals surface area contributed by atoms with E-state index in [9.17, 15) is 9.59 Å². The summed E-state index contributed by atoms with van der Waals surface area (Å²) in [4.78, 5) is 32.3. The van der Waals surface area contributed by atoms with Gasteiger partial charge in [-0.15, -0.1) is 0 Å². The number of rotatable bonds is 12. The van der Waals surface area contributed by atoms with Gasteiger partial charge in [0.25, 0.3) is 0 Å². The Kier molecular flexibility index (Phi) is 9.59. The molecule has 1 aromatic carbocycles. The van der Waals surface area contributed by atoms with E-state index in [2.05, 4.69) is 9.97 Å². The van der Waals surface area contributed by atoms with Crippen LogP contribution in [0.15, 0.2) is 54.6 Å². The monoisotopic (exact) mass is 478 g/mol. The summed E-state index contributed by atoms with van der Waals surface area (Å²) in [6, 6.07) is 16.9. The number of hydrogen-bond donors (Lipinski definition) is 0. The Balaban J connectivity index is 1.63. The molecule has 0 saturated heterocycles. The smallest absolute Gasteiger partial charge is 0.337 e. The van der Waals surface area contributed by atoms with Gasteiger partial charge in [0, 0.05) is 18.7 Å². The third-order valence-electron chi connectivity index (χ3n) is 5.23. The summed E-state index contributed by atoms with van der Waals surface area (Å²) in [6.45, 7) is 1.79. The number of nitrogens with zero attached hydrogens (tertiary/aromatic N) is 2. The first kappa shape index (κ1) is 25.7. The molecule has 2 heterocycles. The Hall–Kier alpha value is -3.94. The Labute approximate surface area is 205 Å². The number of methoxy groups -OCH3 is 2. The largest absolute Gasteiger partial charge is 0.487 e. The number of aromatic nitrogens is 2. The van der Waals surface area contributed by atoms with Crippen molar-refractivity contribution >= 4 is 11.9 Å². The molecule has 0 spiro atoms. The molecule has 0 N–H and O–H groups in total. The Morgan fingerprint density at radius 3 is 2.31 bits per heavy atom. The molecular formula is C27H30N2O6. The van der Waals surface area contributed by atoms with Crippen molar-refractivity contribution in [1.82, 2.24) is 9.97 Å². The zero-order chi connectivity index (χ0) is 25.0. The highest BCUT2D eigenvalue weighted by Crippen LogP contribution is 2.24. The number of carbonyl (C=O) groups is 2. The predicted molar refractivity (Wildman–Crippen MR) is 129 cm³/mol. The topological polar surface area (TPSA) is 96.8 Å². The van der Waals surface area contributed by atoms with Gasteiger partial charge in [-0.3, -0.25) is 9.78 Å². The van der Waals surface area contributed by atoms with E-state index in [0.717, 1.165) is 35.5 Å². The van der Waals surface area contributed by atoms with Crippen LogP contribution in [0.2, 0.25) is 0 Å². The second-order valence-electron chi connectivity index (χ2n) is 7.89. The molecule has 8 nitrogen and oxygen atoms in total. The van der Waals surface area contributed by atoms with Crippen LogP contribution in [0.25, 0.3) is 0 Å². The molecule has 0 atom stereocenters. The van der Waals surface area contributed by atoms with Gasteiger partial charge < -0.3 is 18.9 Å².